The summed E-state index contributed by atoms with van der Waals surface area (Å²) in [7, 11) is 1.58. The van der Waals surface area contributed by atoms with Crippen LogP contribution in [-0.4, -0.2) is 46.8 Å². The fourth-order valence-corrected chi connectivity index (χ4v) is 4.20. The zero-order valence-electron chi connectivity index (χ0n) is 15.8. The summed E-state index contributed by atoms with van der Waals surface area (Å²) < 4.78 is 26.0. The Morgan fingerprint density at radius 1 is 1.38 bits per heavy atom. The van der Waals surface area contributed by atoms with Crippen LogP contribution < -0.4 is 10.1 Å². The number of thioether (sulfide) groups is 1. The number of rotatable bonds is 8. The van der Waals surface area contributed by atoms with Gasteiger partial charge >= 0.3 is 0 Å². The highest BCUT2D eigenvalue weighted by Crippen LogP contribution is 2.18. The highest BCUT2D eigenvalue weighted by molar-refractivity contribution is 8.00. The van der Waals surface area contributed by atoms with Crippen molar-refractivity contribution in [3.05, 3.63) is 40.6 Å². The minimum atomic E-state index is -0.377. The molecule has 0 unspecified atom stereocenters. The molecule has 2 aromatic heterocycles. The average Bonchev–Trinajstić information content (AvgIpc) is 3.22. The third-order valence-electron chi connectivity index (χ3n) is 3.74. The second-order valence-corrected chi connectivity index (χ2v) is 8.01. The Labute approximate surface area is 173 Å². The lowest BCUT2D eigenvalue weighted by Gasteiger charge is -2.04. The van der Waals surface area contributed by atoms with Crippen LogP contribution in [0, 0.1) is 12.7 Å². The third-order valence-corrected chi connectivity index (χ3v) is 5.70. The van der Waals surface area contributed by atoms with Gasteiger partial charge in [0.05, 0.1) is 28.3 Å². The molecule has 0 saturated carbocycles. The monoisotopic (exact) mass is 438 g/mol. The number of anilines is 1. The number of nitrogens with zero attached hydrogens (tertiary/aromatic N) is 3. The predicted octanol–water partition coefficient (Wildman–Crippen LogP) is 2.58. The third kappa shape index (κ3) is 5.75. The van der Waals surface area contributed by atoms with Gasteiger partial charge in [-0.1, -0.05) is 16.5 Å². The summed E-state index contributed by atoms with van der Waals surface area (Å²) in [6.07, 6.45) is 0. The van der Waals surface area contributed by atoms with Gasteiger partial charge in [0, 0.05) is 19.7 Å². The summed E-state index contributed by atoms with van der Waals surface area (Å²) >= 11 is 2.38. The number of thiazole rings is 1. The summed E-state index contributed by atoms with van der Waals surface area (Å²) in [5.74, 6) is 0.0288. The number of ether oxygens (including phenoxy) is 1. The molecule has 1 aromatic carbocycles. The fraction of sp³-hybridized carbons (Fsp3) is 0.333. The highest BCUT2D eigenvalue weighted by atomic mass is 32.2. The summed E-state index contributed by atoms with van der Waals surface area (Å²) in [6, 6.07) is 6.05. The van der Waals surface area contributed by atoms with Crippen LogP contribution in [0.2, 0.25) is 0 Å². The van der Waals surface area contributed by atoms with E-state index in [4.69, 9.17) is 9.26 Å². The predicted molar refractivity (Wildman–Crippen MR) is 109 cm³/mol. The molecule has 0 radical (unpaired) electrons. The van der Waals surface area contributed by atoms with E-state index < -0.39 is 0 Å². The van der Waals surface area contributed by atoms with Crippen LogP contribution in [0.4, 0.5) is 10.2 Å². The molecule has 0 atom stereocenters. The molecule has 3 rings (SSSR count). The van der Waals surface area contributed by atoms with Crippen LogP contribution in [0.3, 0.4) is 0 Å². The van der Waals surface area contributed by atoms with Crippen molar-refractivity contribution in [2.75, 3.05) is 30.5 Å². The summed E-state index contributed by atoms with van der Waals surface area (Å²) in [4.78, 5) is 28.8. The van der Waals surface area contributed by atoms with Crippen molar-refractivity contribution in [1.29, 1.82) is 0 Å². The first-order chi connectivity index (χ1) is 14.0. The fourth-order valence-electron chi connectivity index (χ4n) is 2.51. The van der Waals surface area contributed by atoms with E-state index in [0.717, 1.165) is 17.3 Å². The van der Waals surface area contributed by atoms with Gasteiger partial charge in [-0.2, -0.15) is 4.99 Å². The van der Waals surface area contributed by atoms with Gasteiger partial charge < -0.3 is 19.1 Å². The molecule has 11 heteroatoms. The maximum absolute atomic E-state index is 13.5. The van der Waals surface area contributed by atoms with Gasteiger partial charge in [-0.15, -0.1) is 11.8 Å². The Morgan fingerprint density at radius 3 is 2.93 bits per heavy atom. The van der Waals surface area contributed by atoms with Gasteiger partial charge in [-0.05, 0) is 25.1 Å². The molecule has 3 aromatic rings. The number of benzene rings is 1. The Kier molecular flexibility index (Phi) is 7.18. The molecule has 0 fully saturated rings. The average molecular weight is 439 g/mol. The Balaban J connectivity index is 1.64. The van der Waals surface area contributed by atoms with Crippen LogP contribution in [0.5, 0.6) is 0 Å². The topological polar surface area (TPSA) is 98.7 Å². The van der Waals surface area contributed by atoms with Crippen LogP contribution in [0.25, 0.3) is 10.2 Å². The summed E-state index contributed by atoms with van der Waals surface area (Å²) in [6.45, 7) is 2.64. The number of aryl methyl sites for hydroxylation is 1. The number of aromatic nitrogens is 2. The second kappa shape index (κ2) is 9.81. The molecule has 0 bridgehead atoms. The van der Waals surface area contributed by atoms with Gasteiger partial charge in [-0.3, -0.25) is 9.59 Å². The molecule has 0 aliphatic rings. The van der Waals surface area contributed by atoms with Crippen LogP contribution in [-0.2, 0) is 20.9 Å². The van der Waals surface area contributed by atoms with E-state index in [1.165, 1.54) is 23.5 Å². The van der Waals surface area contributed by atoms with Gasteiger partial charge in [-0.25, -0.2) is 4.39 Å². The van der Waals surface area contributed by atoms with Crippen molar-refractivity contribution in [3.63, 3.8) is 0 Å². The first-order valence-corrected chi connectivity index (χ1v) is 10.6. The van der Waals surface area contributed by atoms with E-state index in [9.17, 15) is 14.0 Å². The minimum absolute atomic E-state index is 0.0398. The smallest absolute Gasteiger partial charge is 0.258 e. The molecular formula is C18H19FN4O4S2. The number of carbonyl (C=O) groups excluding carboxylic acids is 2. The maximum atomic E-state index is 13.5. The molecular weight excluding hydrogens is 419 g/mol. The van der Waals surface area contributed by atoms with E-state index >= 15 is 0 Å². The molecule has 1 N–H and O–H groups in total. The molecule has 154 valence electrons. The van der Waals surface area contributed by atoms with Crippen molar-refractivity contribution in [2.24, 2.45) is 4.99 Å². The summed E-state index contributed by atoms with van der Waals surface area (Å²) in [5, 5.41) is 6.26. The zero-order valence-corrected chi connectivity index (χ0v) is 17.4. The molecule has 29 heavy (non-hydrogen) atoms. The first-order valence-electron chi connectivity index (χ1n) is 8.62. The quantitative estimate of drug-likeness (QED) is 0.580. The number of fused-ring (bicyclic) bond motifs is 1. The van der Waals surface area contributed by atoms with Gasteiger partial charge in [0.1, 0.15) is 11.6 Å². The van der Waals surface area contributed by atoms with Crippen molar-refractivity contribution < 1.29 is 23.2 Å². The molecule has 0 aliphatic carbocycles. The van der Waals surface area contributed by atoms with Gasteiger partial charge in [0.25, 0.3) is 5.91 Å². The second-order valence-electron chi connectivity index (χ2n) is 6.01. The Bertz CT molecular complexity index is 1090. The van der Waals surface area contributed by atoms with Crippen molar-refractivity contribution >= 4 is 50.9 Å². The molecule has 2 heterocycles. The van der Waals surface area contributed by atoms with Crippen molar-refractivity contribution in [2.45, 2.75) is 13.5 Å². The van der Waals surface area contributed by atoms with Crippen molar-refractivity contribution in [3.8, 4) is 0 Å². The SMILES string of the molecule is COCCn1c(=NC(=O)CSCC(=O)Nc2cc(C)on2)sc2cc(F)ccc21. The van der Waals surface area contributed by atoms with Crippen LogP contribution in [0.15, 0.2) is 33.8 Å². The number of nitrogens with one attached hydrogen (secondary N) is 1. The highest BCUT2D eigenvalue weighted by Gasteiger charge is 2.11. The number of methoxy groups -OCH3 is 1. The molecule has 8 nitrogen and oxygen atoms in total. The Hall–Kier alpha value is -2.50. The van der Waals surface area contributed by atoms with E-state index in [2.05, 4.69) is 15.5 Å². The van der Waals surface area contributed by atoms with Crippen LogP contribution in [0.1, 0.15) is 5.76 Å². The van der Waals surface area contributed by atoms with E-state index in [1.54, 1.807) is 26.2 Å². The summed E-state index contributed by atoms with van der Waals surface area (Å²) in [5.41, 5.74) is 0.787. The van der Waals surface area contributed by atoms with Crippen molar-refractivity contribution in [1.82, 2.24) is 9.72 Å². The number of hydrogen-bond acceptors (Lipinski definition) is 7. The van der Waals surface area contributed by atoms with Gasteiger partial charge in [0.15, 0.2) is 10.6 Å². The number of hydrogen-bond donors (Lipinski definition) is 1. The van der Waals surface area contributed by atoms with E-state index in [0.29, 0.717) is 34.2 Å². The van der Waals surface area contributed by atoms with E-state index in [-0.39, 0.29) is 29.1 Å². The molecule has 0 aliphatic heterocycles. The largest absolute Gasteiger partial charge is 0.383 e. The molecule has 0 saturated heterocycles. The van der Waals surface area contributed by atoms with Gasteiger partial charge in [0.2, 0.25) is 5.91 Å². The number of halogens is 1. The Morgan fingerprint density at radius 2 is 2.21 bits per heavy atom. The normalized spacial score (nSPS) is 11.9. The maximum Gasteiger partial charge on any atom is 0.258 e. The molecule has 0 spiro atoms. The number of carbonyl (C=O) groups is 2. The zero-order chi connectivity index (χ0) is 20.8. The lowest BCUT2D eigenvalue weighted by Crippen LogP contribution is -2.20. The minimum Gasteiger partial charge on any atom is -0.383 e. The van der Waals surface area contributed by atoms with E-state index in [1.807, 2.05) is 4.57 Å². The number of amides is 2. The molecule has 2 amide bonds. The standard InChI is InChI=1S/C18H19FN4O4S2/c1-11-7-15(22-27-11)20-16(24)9-28-10-17(25)21-18-23(5-6-26-2)13-4-3-12(19)8-14(13)29-18/h3-4,7-8H,5-6,9-10H2,1-2H3,(H,20,22,24). The lowest BCUT2D eigenvalue weighted by molar-refractivity contribution is -0.115. The first kappa shape index (κ1) is 21.2. The lowest BCUT2D eigenvalue weighted by atomic mass is 10.3. The van der Waals surface area contributed by atoms with Crippen LogP contribution >= 0.6 is 23.1 Å².